The minimum atomic E-state index is 0.586. The van der Waals surface area contributed by atoms with Gasteiger partial charge < -0.3 is 5.32 Å². The van der Waals surface area contributed by atoms with Crippen LogP contribution in [0.25, 0.3) is 0 Å². The first-order valence-corrected chi connectivity index (χ1v) is 8.28. The lowest BCUT2D eigenvalue weighted by Gasteiger charge is -2.57. The third-order valence-electron chi connectivity index (χ3n) is 4.99. The van der Waals surface area contributed by atoms with Gasteiger partial charge in [0, 0.05) is 17.8 Å². The van der Waals surface area contributed by atoms with Crippen LogP contribution in [0.3, 0.4) is 0 Å². The first kappa shape index (κ1) is 11.4. The van der Waals surface area contributed by atoms with Gasteiger partial charge in [0.2, 0.25) is 0 Å². The number of thioether (sulfide) groups is 1. The summed E-state index contributed by atoms with van der Waals surface area (Å²) in [6.07, 6.45) is 9.17. The molecule has 2 heteroatoms. The van der Waals surface area contributed by atoms with Crippen molar-refractivity contribution in [3.63, 3.8) is 0 Å². The molecule has 0 heterocycles. The SMILES string of the molecule is CCSCCNC12CC3CC(CC(C3)C1)C2. The molecule has 4 rings (SSSR count). The van der Waals surface area contributed by atoms with Crippen molar-refractivity contribution in [2.24, 2.45) is 17.8 Å². The minimum absolute atomic E-state index is 0.586. The van der Waals surface area contributed by atoms with E-state index < -0.39 is 0 Å². The molecule has 4 fully saturated rings. The molecule has 1 nitrogen and oxygen atoms in total. The molecule has 92 valence electrons. The molecule has 0 aromatic rings. The van der Waals surface area contributed by atoms with Crippen molar-refractivity contribution in [1.29, 1.82) is 0 Å². The average molecular weight is 239 g/mol. The Morgan fingerprint density at radius 3 is 2.12 bits per heavy atom. The molecule has 4 bridgehead atoms. The molecule has 0 atom stereocenters. The predicted octanol–water partition coefficient (Wildman–Crippen LogP) is 3.30. The molecular formula is C14H25NS. The monoisotopic (exact) mass is 239 g/mol. The van der Waals surface area contributed by atoms with Crippen LogP contribution in [-0.4, -0.2) is 23.6 Å². The van der Waals surface area contributed by atoms with Crippen molar-refractivity contribution in [2.75, 3.05) is 18.1 Å². The number of nitrogens with one attached hydrogen (secondary N) is 1. The Morgan fingerprint density at radius 2 is 1.62 bits per heavy atom. The van der Waals surface area contributed by atoms with E-state index in [-0.39, 0.29) is 0 Å². The largest absolute Gasteiger partial charge is 0.310 e. The molecule has 0 saturated heterocycles. The summed E-state index contributed by atoms with van der Waals surface area (Å²) in [4.78, 5) is 0. The second kappa shape index (κ2) is 4.53. The summed E-state index contributed by atoms with van der Waals surface area (Å²) in [5.41, 5.74) is 0.586. The summed E-state index contributed by atoms with van der Waals surface area (Å²) < 4.78 is 0. The van der Waals surface area contributed by atoms with E-state index in [4.69, 9.17) is 0 Å². The Kier molecular flexibility index (Phi) is 3.23. The summed E-state index contributed by atoms with van der Waals surface area (Å²) in [7, 11) is 0. The fourth-order valence-corrected chi connectivity index (χ4v) is 5.39. The molecule has 1 N–H and O–H groups in total. The molecule has 4 saturated carbocycles. The first-order valence-electron chi connectivity index (χ1n) is 7.12. The summed E-state index contributed by atoms with van der Waals surface area (Å²) in [6.45, 7) is 3.50. The summed E-state index contributed by atoms with van der Waals surface area (Å²) >= 11 is 2.07. The van der Waals surface area contributed by atoms with E-state index >= 15 is 0 Å². The lowest BCUT2D eigenvalue weighted by atomic mass is 9.53. The predicted molar refractivity (Wildman–Crippen MR) is 71.9 cm³/mol. The van der Waals surface area contributed by atoms with Crippen LogP contribution in [0.5, 0.6) is 0 Å². The van der Waals surface area contributed by atoms with Crippen molar-refractivity contribution in [1.82, 2.24) is 5.32 Å². The molecule has 0 radical (unpaired) electrons. The van der Waals surface area contributed by atoms with Crippen LogP contribution in [0, 0.1) is 17.8 Å². The van der Waals surface area contributed by atoms with Gasteiger partial charge in [-0.1, -0.05) is 6.92 Å². The van der Waals surface area contributed by atoms with Crippen molar-refractivity contribution in [3.8, 4) is 0 Å². The zero-order chi connectivity index (χ0) is 11.0. The lowest BCUT2D eigenvalue weighted by Crippen LogP contribution is -2.58. The Labute approximate surface area is 104 Å². The molecule has 0 aromatic carbocycles. The lowest BCUT2D eigenvalue weighted by molar-refractivity contribution is -0.0185. The van der Waals surface area contributed by atoms with Crippen molar-refractivity contribution in [3.05, 3.63) is 0 Å². The van der Waals surface area contributed by atoms with Crippen LogP contribution in [0.1, 0.15) is 45.4 Å². The van der Waals surface area contributed by atoms with Gasteiger partial charge in [-0.2, -0.15) is 11.8 Å². The fourth-order valence-electron chi connectivity index (χ4n) is 4.86. The standard InChI is InChI=1S/C14H25NS/c1-2-16-4-3-15-14-8-11-5-12(9-14)7-13(6-11)10-14/h11-13,15H,2-10H2,1H3. The van der Waals surface area contributed by atoms with Gasteiger partial charge in [-0.3, -0.25) is 0 Å². The first-order chi connectivity index (χ1) is 7.80. The van der Waals surface area contributed by atoms with Crippen LogP contribution in [-0.2, 0) is 0 Å². The molecule has 0 unspecified atom stereocenters. The van der Waals surface area contributed by atoms with Crippen molar-refractivity contribution >= 4 is 11.8 Å². The Bertz CT molecular complexity index is 216. The third-order valence-corrected chi connectivity index (χ3v) is 5.89. The highest BCUT2D eigenvalue weighted by Crippen LogP contribution is 2.55. The number of hydrogen-bond acceptors (Lipinski definition) is 2. The van der Waals surface area contributed by atoms with Crippen LogP contribution in [0.4, 0.5) is 0 Å². The van der Waals surface area contributed by atoms with Crippen LogP contribution < -0.4 is 5.32 Å². The fraction of sp³-hybridized carbons (Fsp3) is 1.00. The number of hydrogen-bond donors (Lipinski definition) is 1. The Hall–Kier alpha value is 0.310. The molecule has 4 aliphatic rings. The highest BCUT2D eigenvalue weighted by molar-refractivity contribution is 7.99. The average Bonchev–Trinajstić information content (AvgIpc) is 2.22. The summed E-state index contributed by atoms with van der Waals surface area (Å²) in [5, 5.41) is 3.94. The number of rotatable bonds is 5. The second-order valence-corrected chi connectivity index (χ2v) is 7.72. The quantitative estimate of drug-likeness (QED) is 0.739. The van der Waals surface area contributed by atoms with E-state index in [1.807, 2.05) is 0 Å². The van der Waals surface area contributed by atoms with Gasteiger partial charge >= 0.3 is 0 Å². The van der Waals surface area contributed by atoms with Crippen LogP contribution in [0.15, 0.2) is 0 Å². The molecule has 16 heavy (non-hydrogen) atoms. The van der Waals surface area contributed by atoms with Crippen molar-refractivity contribution in [2.45, 2.75) is 51.0 Å². The van der Waals surface area contributed by atoms with Gasteiger partial charge in [-0.25, -0.2) is 0 Å². The summed E-state index contributed by atoms with van der Waals surface area (Å²) in [6, 6.07) is 0. The second-order valence-electron chi connectivity index (χ2n) is 6.32. The summed E-state index contributed by atoms with van der Waals surface area (Å²) in [5.74, 6) is 5.81. The maximum absolute atomic E-state index is 3.94. The van der Waals surface area contributed by atoms with E-state index in [2.05, 4.69) is 24.0 Å². The highest BCUT2D eigenvalue weighted by atomic mass is 32.2. The van der Waals surface area contributed by atoms with Gasteiger partial charge in [0.25, 0.3) is 0 Å². The molecule has 0 amide bonds. The van der Waals surface area contributed by atoms with E-state index in [0.717, 1.165) is 17.8 Å². The van der Waals surface area contributed by atoms with E-state index in [9.17, 15) is 0 Å². The Morgan fingerprint density at radius 1 is 1.06 bits per heavy atom. The normalized spacial score (nSPS) is 45.2. The molecule has 0 spiro atoms. The Balaban J connectivity index is 1.56. The smallest absolute Gasteiger partial charge is 0.0189 e. The van der Waals surface area contributed by atoms with Crippen molar-refractivity contribution < 1.29 is 0 Å². The van der Waals surface area contributed by atoms with E-state index in [1.54, 1.807) is 19.3 Å². The zero-order valence-corrected chi connectivity index (χ0v) is 11.3. The topological polar surface area (TPSA) is 12.0 Å². The molecule has 4 aliphatic carbocycles. The van der Waals surface area contributed by atoms with E-state index in [1.165, 1.54) is 37.3 Å². The third kappa shape index (κ3) is 2.15. The van der Waals surface area contributed by atoms with Gasteiger partial charge in [0.05, 0.1) is 0 Å². The van der Waals surface area contributed by atoms with Gasteiger partial charge in [-0.05, 0) is 62.0 Å². The van der Waals surface area contributed by atoms with Crippen LogP contribution >= 0.6 is 11.8 Å². The van der Waals surface area contributed by atoms with Gasteiger partial charge in [0.15, 0.2) is 0 Å². The van der Waals surface area contributed by atoms with E-state index in [0.29, 0.717) is 5.54 Å². The minimum Gasteiger partial charge on any atom is -0.310 e. The maximum atomic E-state index is 3.94. The molecular weight excluding hydrogens is 214 g/mol. The van der Waals surface area contributed by atoms with Gasteiger partial charge in [0.1, 0.15) is 0 Å². The molecule has 0 aliphatic heterocycles. The highest BCUT2D eigenvalue weighted by Gasteiger charge is 2.50. The molecule has 0 aromatic heterocycles. The van der Waals surface area contributed by atoms with Gasteiger partial charge in [-0.15, -0.1) is 0 Å². The van der Waals surface area contributed by atoms with Crippen LogP contribution in [0.2, 0.25) is 0 Å². The zero-order valence-electron chi connectivity index (χ0n) is 10.5. The maximum Gasteiger partial charge on any atom is 0.0189 e.